The number of amides is 6. The third kappa shape index (κ3) is 12.0. The van der Waals surface area contributed by atoms with Crippen LogP contribution in [0.5, 0.6) is 0 Å². The second kappa shape index (κ2) is 22.1. The number of nitrogens with one attached hydrogen (secondary N) is 7. The first kappa shape index (κ1) is 46.0. The van der Waals surface area contributed by atoms with Crippen molar-refractivity contribution in [2.45, 2.75) is 81.6 Å². The lowest BCUT2D eigenvalue weighted by molar-refractivity contribution is -0.133. The summed E-state index contributed by atoms with van der Waals surface area (Å²) >= 11 is 0. The Kier molecular flexibility index (Phi) is 15.6. The molecule has 5 atom stereocenters. The topological polar surface area (TPSA) is 278 Å². The number of nitrogens with two attached hydrogens (primary N) is 3. The lowest BCUT2D eigenvalue weighted by Gasteiger charge is -2.40. The summed E-state index contributed by atoms with van der Waals surface area (Å²) in [4.78, 5) is 84.7. The number of para-hydroxylation sites is 2. The zero-order valence-corrected chi connectivity index (χ0v) is 36.3. The van der Waals surface area contributed by atoms with E-state index in [2.05, 4.69) is 41.3 Å². The standard InChI is InChI=1S/C47H59N13O5/c48-18-9-8-17-40(43(50)61)57-45(63)41(21-30-11-2-1-3-12-30)58-46(64)42(23-32-26-53-39-16-7-5-14-36(32)39)59-19-10-20-60(47(59)65)55-28-34(22-31-25-52-38-15-6-4-13-35(31)38)56-44(62)37(49)24-33-27-51-29-54-33/h1-7,11-16,25-27,29,34,37,40-42,52-53,55H,8-10,17-24,28,48-49H2,(H2,50,61)(H,51,54)(H,56,62)(H,57,63)(H,58,64)/t34-,37+,40+,41-,42+/m1/s1. The highest BCUT2D eigenvalue weighted by Crippen LogP contribution is 2.24. The highest BCUT2D eigenvalue weighted by Gasteiger charge is 2.38. The van der Waals surface area contributed by atoms with Gasteiger partial charge in [0.05, 0.1) is 12.4 Å². The second-order valence-electron chi connectivity index (χ2n) is 16.6. The van der Waals surface area contributed by atoms with E-state index >= 15 is 0 Å². The maximum absolute atomic E-state index is 14.8. The van der Waals surface area contributed by atoms with Gasteiger partial charge in [-0.2, -0.15) is 0 Å². The zero-order valence-electron chi connectivity index (χ0n) is 36.3. The SMILES string of the molecule is NCCCC[C@H](NC(=O)[C@@H](Cc1ccccc1)NC(=O)[C@H](Cc1c[nH]c2ccccc12)N1CCCN(NC[C@@H](Cc2c[nH]c3ccccc23)NC(=O)[C@@H](N)Cc2cnc[nH]2)C1=O)C(N)=O. The Morgan fingerprint density at radius 2 is 1.38 bits per heavy atom. The summed E-state index contributed by atoms with van der Waals surface area (Å²) in [5.74, 6) is -2.18. The van der Waals surface area contributed by atoms with Gasteiger partial charge in [0.15, 0.2) is 0 Å². The summed E-state index contributed by atoms with van der Waals surface area (Å²) in [5, 5.41) is 12.2. The smallest absolute Gasteiger partial charge is 0.335 e. The number of carbonyl (C=O) groups is 5. The molecule has 1 saturated heterocycles. The van der Waals surface area contributed by atoms with Crippen LogP contribution < -0.4 is 38.6 Å². The average Bonchev–Trinajstić information content (AvgIpc) is 4.08. The Hall–Kier alpha value is -7.02. The molecule has 342 valence electrons. The van der Waals surface area contributed by atoms with E-state index < -0.39 is 54.0 Å². The van der Waals surface area contributed by atoms with Crippen molar-refractivity contribution >= 4 is 51.5 Å². The monoisotopic (exact) mass is 885 g/mol. The largest absolute Gasteiger partial charge is 0.368 e. The quantitative estimate of drug-likeness (QED) is 0.0421. The molecule has 6 amide bonds. The molecule has 0 radical (unpaired) electrons. The fraction of sp³-hybridized carbons (Fsp3) is 0.362. The lowest BCUT2D eigenvalue weighted by Crippen LogP contribution is -2.63. The van der Waals surface area contributed by atoms with Gasteiger partial charge >= 0.3 is 6.03 Å². The first-order valence-electron chi connectivity index (χ1n) is 22.2. The first-order valence-corrected chi connectivity index (χ1v) is 22.2. The van der Waals surface area contributed by atoms with Gasteiger partial charge in [0.2, 0.25) is 23.6 Å². The van der Waals surface area contributed by atoms with E-state index in [0.29, 0.717) is 45.2 Å². The van der Waals surface area contributed by atoms with Crippen LogP contribution in [-0.2, 0) is 44.9 Å². The number of hydrogen-bond acceptors (Lipinski definition) is 9. The van der Waals surface area contributed by atoms with Gasteiger partial charge in [0, 0.05) is 91.0 Å². The Morgan fingerprint density at radius 1 is 0.723 bits per heavy atom. The molecule has 18 heteroatoms. The number of imidazole rings is 1. The number of H-pyrrole nitrogens is 3. The molecule has 18 nitrogen and oxygen atoms in total. The Morgan fingerprint density at radius 3 is 2.05 bits per heavy atom. The van der Waals surface area contributed by atoms with E-state index in [1.807, 2.05) is 91.3 Å². The fourth-order valence-corrected chi connectivity index (χ4v) is 8.41. The van der Waals surface area contributed by atoms with Gasteiger partial charge in [-0.1, -0.05) is 66.7 Å². The number of hydrazine groups is 1. The Balaban J connectivity index is 1.12. The highest BCUT2D eigenvalue weighted by molar-refractivity contribution is 5.95. The minimum Gasteiger partial charge on any atom is -0.368 e. The van der Waals surface area contributed by atoms with E-state index in [4.69, 9.17) is 17.2 Å². The van der Waals surface area contributed by atoms with Crippen LogP contribution in [-0.4, -0.2) is 116 Å². The number of fused-ring (bicyclic) bond motifs is 2. The number of carbonyl (C=O) groups excluding carboxylic acids is 5. The number of aromatic amines is 3. The summed E-state index contributed by atoms with van der Waals surface area (Å²) in [5.41, 5.74) is 26.2. The minimum atomic E-state index is -1.12. The molecule has 4 heterocycles. The second-order valence-corrected chi connectivity index (χ2v) is 16.6. The molecule has 0 spiro atoms. The van der Waals surface area contributed by atoms with E-state index in [-0.39, 0.29) is 38.3 Å². The normalized spacial score (nSPS) is 15.3. The van der Waals surface area contributed by atoms with Gasteiger partial charge in [0.25, 0.3) is 0 Å². The molecule has 6 aromatic rings. The molecule has 7 rings (SSSR count). The van der Waals surface area contributed by atoms with Crippen molar-refractivity contribution in [1.29, 1.82) is 0 Å². The third-order valence-electron chi connectivity index (χ3n) is 11.9. The number of unbranched alkanes of at least 4 members (excludes halogenated alkanes) is 1. The summed E-state index contributed by atoms with van der Waals surface area (Å²) in [6.07, 6.45) is 9.86. The minimum absolute atomic E-state index is 0.114. The van der Waals surface area contributed by atoms with Crippen molar-refractivity contribution in [2.24, 2.45) is 17.2 Å². The van der Waals surface area contributed by atoms with E-state index in [9.17, 15) is 24.0 Å². The number of benzene rings is 3. The summed E-state index contributed by atoms with van der Waals surface area (Å²) in [6.45, 7) is 1.18. The molecule has 0 unspecified atom stereocenters. The molecule has 0 saturated carbocycles. The number of primary amides is 1. The van der Waals surface area contributed by atoms with Gasteiger partial charge in [-0.15, -0.1) is 0 Å². The first-order chi connectivity index (χ1) is 31.6. The molecule has 13 N–H and O–H groups in total. The molecular formula is C47H59N13O5. The predicted molar refractivity (Wildman–Crippen MR) is 248 cm³/mol. The van der Waals surface area contributed by atoms with Crippen molar-refractivity contribution < 1.29 is 24.0 Å². The molecule has 0 bridgehead atoms. The molecule has 65 heavy (non-hydrogen) atoms. The van der Waals surface area contributed by atoms with E-state index in [1.54, 1.807) is 6.20 Å². The maximum Gasteiger partial charge on any atom is 0.335 e. The van der Waals surface area contributed by atoms with Crippen molar-refractivity contribution in [3.63, 3.8) is 0 Å². The van der Waals surface area contributed by atoms with Crippen molar-refractivity contribution in [3.05, 3.63) is 126 Å². The third-order valence-corrected chi connectivity index (χ3v) is 11.9. The van der Waals surface area contributed by atoms with Crippen molar-refractivity contribution in [1.82, 2.24) is 51.2 Å². The van der Waals surface area contributed by atoms with Gasteiger partial charge in [-0.25, -0.2) is 15.2 Å². The fourth-order valence-electron chi connectivity index (χ4n) is 8.41. The summed E-state index contributed by atoms with van der Waals surface area (Å²) < 4.78 is 0. The van der Waals surface area contributed by atoms with Crippen molar-refractivity contribution in [3.8, 4) is 0 Å². The summed E-state index contributed by atoms with van der Waals surface area (Å²) in [7, 11) is 0. The van der Waals surface area contributed by atoms with E-state index in [1.165, 1.54) is 16.2 Å². The van der Waals surface area contributed by atoms with E-state index in [0.717, 1.165) is 44.2 Å². The van der Waals surface area contributed by atoms with Crippen LogP contribution in [0.3, 0.4) is 0 Å². The Bertz CT molecular complexity index is 2520. The summed E-state index contributed by atoms with van der Waals surface area (Å²) in [6, 6.07) is 19.9. The molecule has 0 aliphatic carbocycles. The number of aromatic nitrogens is 4. The van der Waals surface area contributed by atoms with Gasteiger partial charge in [-0.05, 0) is 67.5 Å². The molecule has 1 aliphatic rings. The Labute approximate surface area is 376 Å². The van der Waals surface area contributed by atoms with Gasteiger partial charge < -0.3 is 53.0 Å². The average molecular weight is 886 g/mol. The van der Waals surface area contributed by atoms with Gasteiger partial charge in [-0.3, -0.25) is 24.2 Å². The van der Waals surface area contributed by atoms with Crippen LogP contribution in [0.15, 0.2) is 104 Å². The van der Waals surface area contributed by atoms with Crippen LogP contribution in [0, 0.1) is 0 Å². The predicted octanol–water partition coefficient (Wildman–Crippen LogP) is 2.04. The van der Waals surface area contributed by atoms with Crippen LogP contribution in [0.2, 0.25) is 0 Å². The van der Waals surface area contributed by atoms with Crippen LogP contribution >= 0.6 is 0 Å². The number of urea groups is 1. The lowest BCUT2D eigenvalue weighted by atomic mass is 10.00. The molecular weight excluding hydrogens is 827 g/mol. The highest BCUT2D eigenvalue weighted by atomic mass is 16.2. The molecule has 1 fully saturated rings. The van der Waals surface area contributed by atoms with Gasteiger partial charge in [0.1, 0.15) is 18.1 Å². The molecule has 1 aliphatic heterocycles. The molecule has 3 aromatic heterocycles. The maximum atomic E-state index is 14.8. The number of hydrogen-bond donors (Lipinski definition) is 10. The van der Waals surface area contributed by atoms with Crippen LogP contribution in [0.4, 0.5) is 4.79 Å². The zero-order chi connectivity index (χ0) is 45.7. The van der Waals surface area contributed by atoms with Crippen LogP contribution in [0.25, 0.3) is 21.8 Å². The van der Waals surface area contributed by atoms with Crippen LogP contribution in [0.1, 0.15) is 48.1 Å². The van der Waals surface area contributed by atoms with Crippen molar-refractivity contribution in [2.75, 3.05) is 26.2 Å². The number of nitrogens with zero attached hydrogens (tertiary/aromatic N) is 3. The molecule has 3 aromatic carbocycles. The number of rotatable bonds is 23.